The average molecular weight is 286 g/mol. The third-order valence-electron chi connectivity index (χ3n) is 2.30. The van der Waals surface area contributed by atoms with E-state index in [0.29, 0.717) is 4.90 Å². The fourth-order valence-corrected chi connectivity index (χ4v) is 1.22. The van der Waals surface area contributed by atoms with Crippen molar-refractivity contribution >= 4 is 12.0 Å². The molecule has 0 aromatic carbocycles. The molecule has 1 unspecified atom stereocenters. The highest BCUT2D eigenvalue weighted by Crippen LogP contribution is 2.16. The summed E-state index contributed by atoms with van der Waals surface area (Å²) in [6, 6.07) is -0.982. The zero-order valence-corrected chi connectivity index (χ0v) is 10.4. The van der Waals surface area contributed by atoms with E-state index in [1.807, 2.05) is 0 Å². The second-order valence-electron chi connectivity index (χ2n) is 4.02. The highest BCUT2D eigenvalue weighted by atomic mass is 19.4. The van der Waals surface area contributed by atoms with E-state index in [1.54, 1.807) is 0 Å². The van der Waals surface area contributed by atoms with Crippen LogP contribution in [0.15, 0.2) is 0 Å². The molecule has 0 saturated heterocycles. The lowest BCUT2D eigenvalue weighted by Crippen LogP contribution is -2.46. The number of hydrogen-bond donors (Lipinski definition) is 3. The molecule has 0 aromatic rings. The summed E-state index contributed by atoms with van der Waals surface area (Å²) in [5.41, 5.74) is 0. The Hall–Kier alpha value is -1.51. The lowest BCUT2D eigenvalue weighted by atomic mass is 10.1. The number of nitrogens with one attached hydrogen (secondary N) is 1. The van der Waals surface area contributed by atoms with Crippen LogP contribution in [0.2, 0.25) is 0 Å². The van der Waals surface area contributed by atoms with Gasteiger partial charge in [0, 0.05) is 13.1 Å². The molecule has 9 heteroatoms. The molecule has 19 heavy (non-hydrogen) atoms. The van der Waals surface area contributed by atoms with Crippen LogP contribution in [0.3, 0.4) is 0 Å². The van der Waals surface area contributed by atoms with E-state index < -0.39 is 43.8 Å². The van der Waals surface area contributed by atoms with E-state index in [2.05, 4.69) is 5.32 Å². The number of carbonyl (C=O) groups is 2. The van der Waals surface area contributed by atoms with Crippen molar-refractivity contribution in [1.82, 2.24) is 10.2 Å². The highest BCUT2D eigenvalue weighted by molar-refractivity contribution is 5.74. The normalized spacial score (nSPS) is 12.9. The van der Waals surface area contributed by atoms with Crippen LogP contribution >= 0.6 is 0 Å². The molecule has 0 aliphatic heterocycles. The third kappa shape index (κ3) is 8.25. The molecule has 2 amide bonds. The van der Waals surface area contributed by atoms with Crippen LogP contribution in [-0.2, 0) is 4.79 Å². The maximum atomic E-state index is 12.2. The summed E-state index contributed by atoms with van der Waals surface area (Å²) in [5.74, 6) is -1.74. The molecule has 0 spiro atoms. The van der Waals surface area contributed by atoms with Gasteiger partial charge < -0.3 is 20.4 Å². The minimum absolute atomic E-state index is 0.0495. The Bertz CT molecular complexity index is 310. The van der Waals surface area contributed by atoms with Crippen molar-refractivity contribution in [2.75, 3.05) is 26.2 Å². The molecule has 0 rings (SSSR count). The van der Waals surface area contributed by atoms with Gasteiger partial charge in [-0.15, -0.1) is 0 Å². The SMILES string of the molecule is CC(CCNC(=O)N(CCO)CC(F)(F)F)C(=O)O. The number of hydrogen-bond acceptors (Lipinski definition) is 3. The fraction of sp³-hybridized carbons (Fsp3) is 0.800. The number of nitrogens with zero attached hydrogens (tertiary/aromatic N) is 1. The third-order valence-corrected chi connectivity index (χ3v) is 2.30. The number of rotatable bonds is 7. The van der Waals surface area contributed by atoms with Crippen molar-refractivity contribution in [1.29, 1.82) is 0 Å². The molecule has 1 atom stereocenters. The largest absolute Gasteiger partial charge is 0.481 e. The number of carboxylic acids is 1. The first kappa shape index (κ1) is 17.5. The summed E-state index contributed by atoms with van der Waals surface area (Å²) < 4.78 is 36.5. The molecular formula is C10H17F3N2O4. The standard InChI is InChI=1S/C10H17F3N2O4/c1-7(8(17)18)2-3-14-9(19)15(4-5-16)6-10(11,12)13/h7,16H,2-6H2,1H3,(H,14,19)(H,17,18). The van der Waals surface area contributed by atoms with Crippen LogP contribution in [0.4, 0.5) is 18.0 Å². The second kappa shape index (κ2) is 7.82. The number of aliphatic carboxylic acids is 1. The zero-order chi connectivity index (χ0) is 15.1. The molecule has 0 aliphatic carbocycles. The van der Waals surface area contributed by atoms with Crippen LogP contribution in [0, 0.1) is 5.92 Å². The first-order valence-electron chi connectivity index (χ1n) is 5.60. The summed E-state index contributed by atoms with van der Waals surface area (Å²) in [5, 5.41) is 19.4. The van der Waals surface area contributed by atoms with Crippen LogP contribution < -0.4 is 5.32 Å². The van der Waals surface area contributed by atoms with Crippen molar-refractivity contribution in [3.8, 4) is 0 Å². The first-order valence-corrected chi connectivity index (χ1v) is 5.60. The van der Waals surface area contributed by atoms with Gasteiger partial charge >= 0.3 is 18.2 Å². The molecule has 0 heterocycles. The van der Waals surface area contributed by atoms with Crippen molar-refractivity contribution < 1.29 is 33.0 Å². The maximum Gasteiger partial charge on any atom is 0.406 e. The quantitative estimate of drug-likeness (QED) is 0.641. The summed E-state index contributed by atoms with van der Waals surface area (Å²) in [6.07, 6.45) is -4.44. The van der Waals surface area contributed by atoms with E-state index in [-0.39, 0.29) is 13.0 Å². The van der Waals surface area contributed by atoms with E-state index in [0.717, 1.165) is 0 Å². The number of urea groups is 1. The number of aliphatic hydroxyl groups is 1. The van der Waals surface area contributed by atoms with Crippen molar-refractivity contribution in [2.24, 2.45) is 5.92 Å². The number of amides is 2. The van der Waals surface area contributed by atoms with Gasteiger partial charge in [-0.1, -0.05) is 6.92 Å². The summed E-state index contributed by atoms with van der Waals surface area (Å²) >= 11 is 0. The molecule has 112 valence electrons. The van der Waals surface area contributed by atoms with Gasteiger partial charge in [0.25, 0.3) is 0 Å². The average Bonchev–Trinajstić information content (AvgIpc) is 2.26. The molecular weight excluding hydrogens is 269 g/mol. The van der Waals surface area contributed by atoms with Crippen molar-refractivity contribution in [3.05, 3.63) is 0 Å². The van der Waals surface area contributed by atoms with Crippen LogP contribution in [0.5, 0.6) is 0 Å². The van der Waals surface area contributed by atoms with Crippen LogP contribution in [0.1, 0.15) is 13.3 Å². The van der Waals surface area contributed by atoms with Gasteiger partial charge in [0.05, 0.1) is 12.5 Å². The van der Waals surface area contributed by atoms with Gasteiger partial charge in [-0.2, -0.15) is 13.2 Å². The number of carboxylic acid groups (broad SMARTS) is 1. The monoisotopic (exact) mass is 286 g/mol. The van der Waals surface area contributed by atoms with Gasteiger partial charge in [-0.3, -0.25) is 4.79 Å². The number of alkyl halides is 3. The molecule has 0 aliphatic rings. The zero-order valence-electron chi connectivity index (χ0n) is 10.4. The van der Waals surface area contributed by atoms with Crippen LogP contribution in [-0.4, -0.2) is 59.5 Å². The fourth-order valence-electron chi connectivity index (χ4n) is 1.22. The predicted octanol–water partition coefficient (Wildman–Crippen LogP) is 0.663. The van der Waals surface area contributed by atoms with Gasteiger partial charge in [-0.25, -0.2) is 4.79 Å². The van der Waals surface area contributed by atoms with Crippen molar-refractivity contribution in [2.45, 2.75) is 19.5 Å². The lowest BCUT2D eigenvalue weighted by molar-refractivity contribution is -0.141. The topological polar surface area (TPSA) is 89.9 Å². The Labute approximate surface area is 108 Å². The molecule has 0 radical (unpaired) electrons. The van der Waals surface area contributed by atoms with E-state index in [4.69, 9.17) is 10.2 Å². The lowest BCUT2D eigenvalue weighted by Gasteiger charge is -2.23. The minimum atomic E-state index is -4.55. The van der Waals surface area contributed by atoms with Gasteiger partial charge in [0.1, 0.15) is 6.54 Å². The van der Waals surface area contributed by atoms with Crippen LogP contribution in [0.25, 0.3) is 0 Å². The maximum absolute atomic E-state index is 12.2. The van der Waals surface area contributed by atoms with Gasteiger partial charge in [0.2, 0.25) is 0 Å². The Morgan fingerprint density at radius 3 is 2.37 bits per heavy atom. The second-order valence-corrected chi connectivity index (χ2v) is 4.02. The predicted molar refractivity (Wildman–Crippen MR) is 59.5 cm³/mol. The molecule has 0 fully saturated rings. The van der Waals surface area contributed by atoms with E-state index in [9.17, 15) is 22.8 Å². The van der Waals surface area contributed by atoms with E-state index >= 15 is 0 Å². The number of carbonyl (C=O) groups excluding carboxylic acids is 1. The summed E-state index contributed by atoms with van der Waals surface area (Å²) in [4.78, 5) is 22.3. The van der Waals surface area contributed by atoms with Gasteiger partial charge in [-0.05, 0) is 6.42 Å². The Balaban J connectivity index is 4.22. The minimum Gasteiger partial charge on any atom is -0.481 e. The molecule has 0 saturated carbocycles. The Morgan fingerprint density at radius 1 is 1.37 bits per heavy atom. The Kier molecular flexibility index (Phi) is 7.20. The number of halogens is 3. The van der Waals surface area contributed by atoms with E-state index in [1.165, 1.54) is 6.92 Å². The van der Waals surface area contributed by atoms with Crippen molar-refractivity contribution in [3.63, 3.8) is 0 Å². The summed E-state index contributed by atoms with van der Waals surface area (Å²) in [7, 11) is 0. The number of aliphatic hydroxyl groups excluding tert-OH is 1. The molecule has 3 N–H and O–H groups in total. The highest BCUT2D eigenvalue weighted by Gasteiger charge is 2.32. The molecule has 6 nitrogen and oxygen atoms in total. The Morgan fingerprint density at radius 2 is 1.95 bits per heavy atom. The smallest absolute Gasteiger partial charge is 0.406 e. The molecule has 0 bridgehead atoms. The summed E-state index contributed by atoms with van der Waals surface area (Å²) in [6.45, 7) is -1.12. The molecule has 0 aromatic heterocycles. The first-order chi connectivity index (χ1) is 8.67. The van der Waals surface area contributed by atoms with Gasteiger partial charge in [0.15, 0.2) is 0 Å².